The SMILES string of the molecule is COCOCCCS(=O)(=O)NCc1cccc(OC2CCCCC2)c1. The maximum absolute atomic E-state index is 12.0. The van der Waals surface area contributed by atoms with E-state index in [1.165, 1.54) is 26.4 Å². The summed E-state index contributed by atoms with van der Waals surface area (Å²) >= 11 is 0. The normalized spacial score (nSPS) is 16.0. The largest absolute Gasteiger partial charge is 0.490 e. The summed E-state index contributed by atoms with van der Waals surface area (Å²) in [5.41, 5.74) is 0.896. The maximum Gasteiger partial charge on any atom is 0.211 e. The summed E-state index contributed by atoms with van der Waals surface area (Å²) in [6.07, 6.45) is 6.65. The molecule has 1 N–H and O–H groups in total. The minimum atomic E-state index is -3.32. The zero-order valence-corrected chi connectivity index (χ0v) is 15.7. The van der Waals surface area contributed by atoms with Crippen molar-refractivity contribution in [2.75, 3.05) is 26.3 Å². The van der Waals surface area contributed by atoms with Crippen molar-refractivity contribution >= 4 is 10.0 Å². The van der Waals surface area contributed by atoms with Crippen molar-refractivity contribution in [3.63, 3.8) is 0 Å². The molecule has 1 aromatic rings. The fourth-order valence-corrected chi connectivity index (χ4v) is 3.89. The van der Waals surface area contributed by atoms with Crippen LogP contribution in [0.25, 0.3) is 0 Å². The van der Waals surface area contributed by atoms with Gasteiger partial charge in [-0.2, -0.15) is 0 Å². The molecule has 2 rings (SSSR count). The topological polar surface area (TPSA) is 73.9 Å². The first kappa shape index (κ1) is 20.2. The summed E-state index contributed by atoms with van der Waals surface area (Å²) in [5, 5.41) is 0. The van der Waals surface area contributed by atoms with Gasteiger partial charge in [0, 0.05) is 13.7 Å². The second kappa shape index (κ2) is 10.8. The fraction of sp³-hybridized carbons (Fsp3) is 0.667. The van der Waals surface area contributed by atoms with Gasteiger partial charge in [-0.15, -0.1) is 0 Å². The Balaban J connectivity index is 1.76. The number of sulfonamides is 1. The van der Waals surface area contributed by atoms with Gasteiger partial charge in [0.2, 0.25) is 10.0 Å². The molecule has 0 radical (unpaired) electrons. The molecular formula is C18H29NO5S. The Morgan fingerprint density at radius 3 is 2.76 bits per heavy atom. The third-order valence-corrected chi connectivity index (χ3v) is 5.56. The Morgan fingerprint density at radius 1 is 1.20 bits per heavy atom. The quantitative estimate of drug-likeness (QED) is 0.478. The lowest BCUT2D eigenvalue weighted by Crippen LogP contribution is -2.26. The van der Waals surface area contributed by atoms with Gasteiger partial charge < -0.3 is 14.2 Å². The van der Waals surface area contributed by atoms with Crippen molar-refractivity contribution in [2.45, 2.75) is 51.2 Å². The molecule has 0 unspecified atom stereocenters. The van der Waals surface area contributed by atoms with Crippen LogP contribution in [0.15, 0.2) is 24.3 Å². The molecule has 0 saturated heterocycles. The number of rotatable bonds is 11. The van der Waals surface area contributed by atoms with Gasteiger partial charge in [0.05, 0.1) is 18.5 Å². The Bertz CT molecular complexity index is 599. The van der Waals surface area contributed by atoms with E-state index in [2.05, 4.69) is 4.72 Å². The summed E-state index contributed by atoms with van der Waals surface area (Å²) in [6.45, 7) is 0.809. The van der Waals surface area contributed by atoms with Crippen molar-refractivity contribution in [1.82, 2.24) is 4.72 Å². The molecule has 142 valence electrons. The monoisotopic (exact) mass is 371 g/mol. The van der Waals surface area contributed by atoms with Crippen LogP contribution in [0.3, 0.4) is 0 Å². The van der Waals surface area contributed by atoms with E-state index in [9.17, 15) is 8.42 Å². The van der Waals surface area contributed by atoms with Crippen LogP contribution in [0.1, 0.15) is 44.1 Å². The average Bonchev–Trinajstić information content (AvgIpc) is 2.61. The lowest BCUT2D eigenvalue weighted by molar-refractivity contribution is -0.0298. The molecule has 7 heteroatoms. The number of methoxy groups -OCH3 is 1. The minimum absolute atomic E-state index is 0.0367. The van der Waals surface area contributed by atoms with E-state index in [1.807, 2.05) is 24.3 Å². The number of ether oxygens (including phenoxy) is 3. The van der Waals surface area contributed by atoms with E-state index < -0.39 is 10.0 Å². The molecule has 1 aliphatic rings. The van der Waals surface area contributed by atoms with Gasteiger partial charge in [-0.3, -0.25) is 0 Å². The van der Waals surface area contributed by atoms with E-state index in [1.54, 1.807) is 0 Å². The summed E-state index contributed by atoms with van der Waals surface area (Å²) < 4.78 is 42.5. The first-order chi connectivity index (χ1) is 12.1. The predicted octanol–water partition coefficient (Wildman–Crippen LogP) is 2.83. The van der Waals surface area contributed by atoms with Crippen molar-refractivity contribution in [1.29, 1.82) is 0 Å². The number of benzene rings is 1. The van der Waals surface area contributed by atoms with Crippen molar-refractivity contribution in [2.24, 2.45) is 0 Å². The highest BCUT2D eigenvalue weighted by atomic mass is 32.2. The third-order valence-electron chi connectivity index (χ3n) is 4.15. The standard InChI is InChI=1S/C18H29NO5S/c1-22-15-23-11-6-12-25(20,21)19-14-16-7-5-10-18(13-16)24-17-8-3-2-4-9-17/h5,7,10,13,17,19H,2-4,6,8-9,11-12,14-15H2,1H3. The summed E-state index contributed by atoms with van der Waals surface area (Å²) in [4.78, 5) is 0. The van der Waals surface area contributed by atoms with Crippen LogP contribution in [0, 0.1) is 0 Å². The molecule has 1 aliphatic carbocycles. The molecule has 6 nitrogen and oxygen atoms in total. The zero-order valence-electron chi connectivity index (χ0n) is 14.9. The maximum atomic E-state index is 12.0. The predicted molar refractivity (Wildman–Crippen MR) is 97.0 cm³/mol. The minimum Gasteiger partial charge on any atom is -0.490 e. The highest BCUT2D eigenvalue weighted by Crippen LogP contribution is 2.23. The molecule has 1 saturated carbocycles. The van der Waals surface area contributed by atoms with Crippen molar-refractivity contribution in [3.05, 3.63) is 29.8 Å². The Labute approximate surface area is 150 Å². The summed E-state index contributed by atoms with van der Waals surface area (Å²) in [5.74, 6) is 0.853. The lowest BCUT2D eigenvalue weighted by atomic mass is 9.98. The summed E-state index contributed by atoms with van der Waals surface area (Å²) in [6, 6.07) is 7.65. The fourth-order valence-electron chi connectivity index (χ4n) is 2.86. The Kier molecular flexibility index (Phi) is 8.67. The second-order valence-electron chi connectivity index (χ2n) is 6.33. The molecule has 25 heavy (non-hydrogen) atoms. The molecular weight excluding hydrogens is 342 g/mol. The van der Waals surface area contributed by atoms with Crippen LogP contribution in [-0.2, 0) is 26.0 Å². The Hall–Kier alpha value is -1.15. The molecule has 1 aromatic carbocycles. The van der Waals surface area contributed by atoms with E-state index >= 15 is 0 Å². The van der Waals surface area contributed by atoms with Gasteiger partial charge >= 0.3 is 0 Å². The van der Waals surface area contributed by atoms with E-state index in [4.69, 9.17) is 14.2 Å². The first-order valence-electron chi connectivity index (χ1n) is 8.89. The average molecular weight is 371 g/mol. The van der Waals surface area contributed by atoms with Crippen LogP contribution in [0.5, 0.6) is 5.75 Å². The second-order valence-corrected chi connectivity index (χ2v) is 8.26. The molecule has 1 fully saturated rings. The first-order valence-corrected chi connectivity index (χ1v) is 10.5. The number of nitrogens with one attached hydrogen (secondary N) is 1. The van der Waals surface area contributed by atoms with E-state index in [0.29, 0.717) is 13.0 Å². The smallest absolute Gasteiger partial charge is 0.211 e. The number of hydrogen-bond acceptors (Lipinski definition) is 5. The van der Waals surface area contributed by atoms with Gasteiger partial charge in [0.15, 0.2) is 0 Å². The van der Waals surface area contributed by atoms with Gasteiger partial charge in [-0.1, -0.05) is 18.6 Å². The van der Waals surface area contributed by atoms with Gasteiger partial charge in [0.25, 0.3) is 0 Å². The van der Waals surface area contributed by atoms with Crippen LogP contribution in [0.4, 0.5) is 0 Å². The van der Waals surface area contributed by atoms with Crippen LogP contribution in [-0.4, -0.2) is 40.8 Å². The molecule has 0 spiro atoms. The van der Waals surface area contributed by atoms with Crippen LogP contribution < -0.4 is 9.46 Å². The molecule has 0 atom stereocenters. The molecule has 0 aliphatic heterocycles. The highest BCUT2D eigenvalue weighted by Gasteiger charge is 2.15. The van der Waals surface area contributed by atoms with Gasteiger partial charge in [0.1, 0.15) is 12.5 Å². The lowest BCUT2D eigenvalue weighted by Gasteiger charge is -2.23. The van der Waals surface area contributed by atoms with Crippen LogP contribution in [0.2, 0.25) is 0 Å². The van der Waals surface area contributed by atoms with E-state index in [0.717, 1.165) is 24.2 Å². The van der Waals surface area contributed by atoms with Gasteiger partial charge in [-0.05, 0) is 49.8 Å². The van der Waals surface area contributed by atoms with Crippen LogP contribution >= 0.6 is 0 Å². The third kappa shape index (κ3) is 8.18. The van der Waals surface area contributed by atoms with E-state index in [-0.39, 0.29) is 25.2 Å². The Morgan fingerprint density at radius 2 is 2.00 bits per heavy atom. The molecule has 0 bridgehead atoms. The molecule has 0 amide bonds. The zero-order chi connectivity index (χ0) is 18.0. The summed E-state index contributed by atoms with van der Waals surface area (Å²) in [7, 11) is -1.79. The van der Waals surface area contributed by atoms with Gasteiger partial charge in [-0.25, -0.2) is 13.1 Å². The van der Waals surface area contributed by atoms with Crippen molar-refractivity contribution in [3.8, 4) is 5.75 Å². The van der Waals surface area contributed by atoms with Crippen molar-refractivity contribution < 1.29 is 22.6 Å². The number of hydrogen-bond donors (Lipinski definition) is 1. The highest BCUT2D eigenvalue weighted by molar-refractivity contribution is 7.89. The molecule has 0 aromatic heterocycles. The molecule has 0 heterocycles.